The van der Waals surface area contributed by atoms with Crippen LogP contribution in [0.2, 0.25) is 0 Å². The molecule has 3 aromatic rings. The third-order valence-electron chi connectivity index (χ3n) is 7.06. The van der Waals surface area contributed by atoms with E-state index in [4.69, 9.17) is 0 Å². The predicted octanol–water partition coefficient (Wildman–Crippen LogP) is 5.50. The molecule has 0 saturated heterocycles. The number of thioether (sulfide) groups is 1. The smallest absolute Gasteiger partial charge is 0.275 e. The lowest BCUT2D eigenvalue weighted by Crippen LogP contribution is -2.29. The quantitative estimate of drug-likeness (QED) is 0.143. The fourth-order valence-corrected chi connectivity index (χ4v) is 8.14. The highest BCUT2D eigenvalue weighted by Crippen LogP contribution is 2.33. The number of sulfonamides is 1. The Labute approximate surface area is 254 Å². The van der Waals surface area contributed by atoms with Crippen LogP contribution in [0.1, 0.15) is 40.1 Å². The lowest BCUT2D eigenvalue weighted by Gasteiger charge is -2.13. The number of hydrogen-bond donors (Lipinski definition) is 0. The van der Waals surface area contributed by atoms with E-state index in [2.05, 4.69) is 20.4 Å². The van der Waals surface area contributed by atoms with Gasteiger partial charge in [-0.1, -0.05) is 29.8 Å². The molecule has 0 radical (unpaired) electrons. The highest BCUT2D eigenvalue weighted by Gasteiger charge is 2.26. The van der Waals surface area contributed by atoms with Crippen molar-refractivity contribution in [1.82, 2.24) is 19.1 Å². The summed E-state index contributed by atoms with van der Waals surface area (Å²) in [6.45, 7) is 6.12. The molecule has 11 heteroatoms. The van der Waals surface area contributed by atoms with Crippen LogP contribution < -0.4 is 11.2 Å². The number of hydrogen-bond acceptors (Lipinski definition) is 7. The van der Waals surface area contributed by atoms with Gasteiger partial charge in [-0.15, -0.1) is 27.5 Å². The number of fused-ring (bicyclic) bond motifs is 1. The molecule has 2 aliphatic rings. The zero-order valence-corrected chi connectivity index (χ0v) is 26.3. The molecule has 8 nitrogen and oxygen atoms in total. The van der Waals surface area contributed by atoms with E-state index in [-0.39, 0.29) is 16.1 Å². The van der Waals surface area contributed by atoms with Crippen LogP contribution in [-0.4, -0.2) is 33.3 Å². The highest BCUT2D eigenvalue weighted by molar-refractivity contribution is 8.01. The third-order valence-corrected chi connectivity index (χ3v) is 10.9. The van der Waals surface area contributed by atoms with Crippen molar-refractivity contribution >= 4 is 33.1 Å². The van der Waals surface area contributed by atoms with Crippen LogP contribution in [0, 0.1) is 20.8 Å². The Bertz CT molecular complexity index is 1860. The second kappa shape index (κ2) is 13.2. The van der Waals surface area contributed by atoms with Crippen LogP contribution in [0.4, 0.5) is 0 Å². The van der Waals surface area contributed by atoms with E-state index >= 15 is 0 Å². The fourth-order valence-electron chi connectivity index (χ4n) is 4.69. The average Bonchev–Trinajstić information content (AvgIpc) is 3.25. The summed E-state index contributed by atoms with van der Waals surface area (Å²) in [6.07, 6.45) is 10.3. The van der Waals surface area contributed by atoms with Gasteiger partial charge in [0.1, 0.15) is 5.69 Å². The molecule has 0 unspecified atom stereocenters. The van der Waals surface area contributed by atoms with Crippen LogP contribution in [0.3, 0.4) is 0 Å². The van der Waals surface area contributed by atoms with E-state index < -0.39 is 10.0 Å². The predicted molar refractivity (Wildman–Crippen MR) is 168 cm³/mol. The summed E-state index contributed by atoms with van der Waals surface area (Å²) in [4.78, 5) is 23.4. The van der Waals surface area contributed by atoms with Gasteiger partial charge in [0.15, 0.2) is 5.49 Å². The van der Waals surface area contributed by atoms with Gasteiger partial charge in [0, 0.05) is 41.9 Å². The van der Waals surface area contributed by atoms with Crippen molar-refractivity contribution in [2.45, 2.75) is 62.1 Å². The van der Waals surface area contributed by atoms with Gasteiger partial charge in [-0.2, -0.15) is 8.42 Å². The monoisotopic (exact) mass is 619 g/mol. The van der Waals surface area contributed by atoms with Crippen molar-refractivity contribution in [1.29, 1.82) is 0 Å². The number of pyridine rings is 2. The summed E-state index contributed by atoms with van der Waals surface area (Å²) >= 11 is 3.21. The van der Waals surface area contributed by atoms with Crippen LogP contribution in [-0.2, 0) is 29.4 Å². The lowest BCUT2D eigenvalue weighted by molar-refractivity contribution is 0.585. The maximum absolute atomic E-state index is 13.9. The minimum absolute atomic E-state index is 0.0972. The third kappa shape index (κ3) is 6.74. The van der Waals surface area contributed by atoms with E-state index in [1.165, 1.54) is 10.1 Å². The van der Waals surface area contributed by atoms with Crippen molar-refractivity contribution in [3.05, 3.63) is 117 Å². The Morgan fingerprint density at radius 1 is 0.905 bits per heavy atom. The first-order valence-corrected chi connectivity index (χ1v) is 17.0. The summed E-state index contributed by atoms with van der Waals surface area (Å²) in [5, 5.41) is 0. The Kier molecular flexibility index (Phi) is 9.40. The van der Waals surface area contributed by atoms with Gasteiger partial charge in [0.25, 0.3) is 10.0 Å². The highest BCUT2D eigenvalue weighted by atomic mass is 32.2. The molecule has 0 fully saturated rings. The Morgan fingerprint density at radius 2 is 1.55 bits per heavy atom. The van der Waals surface area contributed by atoms with E-state index in [0.29, 0.717) is 25.1 Å². The standard InChI is InChI=1S/C31H33N5O3S3/c1-22-12-14-27(15-13-22)42(38,39)34-29-28-30(40-19-7-11-26-9-5-17-33-21-26)41-24(3)23(2)36(28)31(37)35(29)18-6-10-25-8-4-16-32-20-25/h4-5,8-9,12-17,20-21H,6-7,10-11,18-19H2,1-3H3. The molecule has 0 saturated carbocycles. The molecule has 2 aromatic heterocycles. The number of nitrogens with zero attached hydrogens (tertiary/aromatic N) is 5. The largest absolute Gasteiger partial charge is 0.334 e. The number of imidazole rings is 1. The lowest BCUT2D eigenvalue weighted by atomic mass is 10.1. The van der Waals surface area contributed by atoms with Crippen molar-refractivity contribution in [3.63, 3.8) is 0 Å². The van der Waals surface area contributed by atoms with Gasteiger partial charge in [0.05, 0.1) is 9.10 Å². The maximum atomic E-state index is 13.9. The number of rotatable bonds is 11. The van der Waals surface area contributed by atoms with Gasteiger partial charge in [-0.3, -0.25) is 19.1 Å². The molecule has 0 amide bonds. The minimum Gasteiger partial charge on any atom is -0.275 e. The molecule has 0 spiro atoms. The SMILES string of the molecule is Cc1ccc(S(=O)(=O)N=c2c3c(SCCCc4cccnc4)sc(C)c(C)n-3c(=O)n2CCCc2cccnc2)cc1. The molecular formula is C31H33N5O3S3. The maximum Gasteiger partial charge on any atom is 0.334 e. The zero-order chi connectivity index (χ0) is 29.7. The second-order valence-electron chi connectivity index (χ2n) is 10.1. The van der Waals surface area contributed by atoms with Crippen molar-refractivity contribution in [2.24, 2.45) is 4.40 Å². The van der Waals surface area contributed by atoms with E-state index in [9.17, 15) is 13.2 Å². The first-order valence-electron chi connectivity index (χ1n) is 13.8. The molecule has 0 aliphatic carbocycles. The molecule has 218 valence electrons. The van der Waals surface area contributed by atoms with E-state index in [1.54, 1.807) is 64.3 Å². The molecule has 0 atom stereocenters. The van der Waals surface area contributed by atoms with Crippen LogP contribution in [0.15, 0.2) is 91.6 Å². The summed E-state index contributed by atoms with van der Waals surface area (Å²) in [6, 6.07) is 14.5. The fraction of sp³-hybridized carbons (Fsp3) is 0.290. The molecule has 4 heterocycles. The van der Waals surface area contributed by atoms with Crippen molar-refractivity contribution < 1.29 is 8.42 Å². The Balaban J connectivity index is 1.58. The number of aromatic nitrogens is 4. The minimum atomic E-state index is -4.08. The summed E-state index contributed by atoms with van der Waals surface area (Å²) < 4.78 is 35.6. The topological polar surface area (TPSA) is 99.2 Å². The summed E-state index contributed by atoms with van der Waals surface area (Å²) in [7, 11) is -4.08. The van der Waals surface area contributed by atoms with Gasteiger partial charge in [-0.25, -0.2) is 4.79 Å². The number of benzene rings is 1. The van der Waals surface area contributed by atoms with Crippen LogP contribution in [0.5, 0.6) is 0 Å². The molecule has 0 N–H and O–H groups in total. The molecule has 42 heavy (non-hydrogen) atoms. The molecule has 5 rings (SSSR count). The van der Waals surface area contributed by atoms with E-state index in [1.807, 2.05) is 51.4 Å². The van der Waals surface area contributed by atoms with Gasteiger partial charge >= 0.3 is 5.69 Å². The Hall–Kier alpha value is -3.54. The zero-order valence-electron chi connectivity index (χ0n) is 23.9. The van der Waals surface area contributed by atoms with Gasteiger partial charge < -0.3 is 0 Å². The first kappa shape index (κ1) is 29.9. The average molecular weight is 620 g/mol. The summed E-state index contributed by atoms with van der Waals surface area (Å²) in [5.74, 6) is 0.800. The molecule has 2 aliphatic heterocycles. The molecule has 0 bridgehead atoms. The molecule has 1 aromatic carbocycles. The number of aryl methyl sites for hydroxylation is 4. The second-order valence-corrected chi connectivity index (χ2v) is 14.3. The molecular weight excluding hydrogens is 587 g/mol. The first-order chi connectivity index (χ1) is 20.2. The van der Waals surface area contributed by atoms with Crippen molar-refractivity contribution in [3.8, 4) is 5.69 Å². The van der Waals surface area contributed by atoms with Crippen LogP contribution in [0.25, 0.3) is 5.69 Å². The van der Waals surface area contributed by atoms with Gasteiger partial charge in [0.2, 0.25) is 0 Å². The van der Waals surface area contributed by atoms with Crippen LogP contribution >= 0.6 is 23.1 Å². The Morgan fingerprint density at radius 3 is 2.17 bits per heavy atom. The van der Waals surface area contributed by atoms with E-state index in [0.717, 1.165) is 44.5 Å². The van der Waals surface area contributed by atoms with Crippen molar-refractivity contribution in [2.75, 3.05) is 5.75 Å². The normalized spacial score (nSPS) is 12.3. The van der Waals surface area contributed by atoms with Gasteiger partial charge in [-0.05, 0) is 87.6 Å². The summed E-state index contributed by atoms with van der Waals surface area (Å²) in [5.41, 5.74) is 4.42.